The number of halogens is 1. The van der Waals surface area contributed by atoms with Crippen LogP contribution < -0.4 is 10.9 Å². The van der Waals surface area contributed by atoms with Crippen molar-refractivity contribution in [2.24, 2.45) is 13.0 Å². The number of piperidine rings is 1. The Labute approximate surface area is 112 Å². The topological polar surface area (TPSA) is 50.2 Å². The zero-order chi connectivity index (χ0) is 13.1. The third-order valence-corrected chi connectivity index (χ3v) is 3.86. The Balaban J connectivity index is 1.94. The molecule has 0 aliphatic carbocycles. The highest BCUT2D eigenvalue weighted by molar-refractivity contribution is 6.32. The van der Waals surface area contributed by atoms with E-state index in [1.54, 1.807) is 13.2 Å². The molecule has 2 heterocycles. The molecule has 1 aromatic heterocycles. The van der Waals surface area contributed by atoms with Crippen molar-refractivity contribution in [3.63, 3.8) is 0 Å². The monoisotopic (exact) mass is 270 g/mol. The van der Waals surface area contributed by atoms with Crippen molar-refractivity contribution in [2.45, 2.75) is 12.8 Å². The first-order chi connectivity index (χ1) is 8.58. The first kappa shape index (κ1) is 13.4. The predicted octanol–water partition coefficient (Wildman–Crippen LogP) is 1.19. The third-order valence-electron chi connectivity index (χ3n) is 3.50. The quantitative estimate of drug-likeness (QED) is 0.896. The Morgan fingerprint density at radius 2 is 2.11 bits per heavy atom. The van der Waals surface area contributed by atoms with Gasteiger partial charge in [-0.15, -0.1) is 0 Å². The van der Waals surface area contributed by atoms with Gasteiger partial charge in [0.25, 0.3) is 5.56 Å². The molecule has 0 saturated carbocycles. The van der Waals surface area contributed by atoms with Crippen LogP contribution in [0.15, 0.2) is 11.0 Å². The summed E-state index contributed by atoms with van der Waals surface area (Å²) in [5.41, 5.74) is 0.378. The van der Waals surface area contributed by atoms with Crippen LogP contribution in [-0.2, 0) is 7.05 Å². The maximum Gasteiger partial charge on any atom is 0.287 e. The second-order valence-corrected chi connectivity index (χ2v) is 5.31. The van der Waals surface area contributed by atoms with Crippen molar-refractivity contribution in [3.8, 4) is 0 Å². The fourth-order valence-electron chi connectivity index (χ4n) is 2.15. The van der Waals surface area contributed by atoms with Crippen LogP contribution in [0.4, 0.5) is 5.69 Å². The van der Waals surface area contributed by atoms with Crippen LogP contribution in [0.3, 0.4) is 0 Å². The third kappa shape index (κ3) is 3.03. The number of anilines is 1. The number of nitrogens with one attached hydrogen (secondary N) is 1. The highest BCUT2D eigenvalue weighted by Crippen LogP contribution is 2.19. The summed E-state index contributed by atoms with van der Waals surface area (Å²) in [5, 5.41) is 7.43. The van der Waals surface area contributed by atoms with Gasteiger partial charge in [-0.25, -0.2) is 4.68 Å². The highest BCUT2D eigenvalue weighted by Gasteiger charge is 2.17. The van der Waals surface area contributed by atoms with Gasteiger partial charge in [-0.3, -0.25) is 4.79 Å². The summed E-state index contributed by atoms with van der Waals surface area (Å²) >= 11 is 6.00. The minimum atomic E-state index is -0.259. The molecule has 0 unspecified atom stereocenters. The number of nitrogens with zero attached hydrogens (tertiary/aromatic N) is 3. The Hall–Kier alpha value is -1.07. The Morgan fingerprint density at radius 3 is 2.78 bits per heavy atom. The fourth-order valence-corrected chi connectivity index (χ4v) is 2.39. The zero-order valence-electron chi connectivity index (χ0n) is 10.8. The van der Waals surface area contributed by atoms with Crippen LogP contribution in [-0.4, -0.2) is 41.4 Å². The first-order valence-corrected chi connectivity index (χ1v) is 6.60. The lowest BCUT2D eigenvalue weighted by molar-refractivity contribution is 0.226. The molecule has 1 aliphatic rings. The van der Waals surface area contributed by atoms with Gasteiger partial charge < -0.3 is 10.2 Å². The lowest BCUT2D eigenvalue weighted by Crippen LogP contribution is -2.33. The number of hydrogen-bond acceptors (Lipinski definition) is 4. The summed E-state index contributed by atoms with van der Waals surface area (Å²) < 4.78 is 1.24. The van der Waals surface area contributed by atoms with Crippen LogP contribution in [0.1, 0.15) is 12.8 Å². The number of likely N-dealkylation sites (tertiary alicyclic amines) is 1. The Bertz CT molecular complexity index is 466. The molecule has 1 aromatic rings. The van der Waals surface area contributed by atoms with Gasteiger partial charge >= 0.3 is 0 Å². The molecule has 1 aliphatic heterocycles. The summed E-state index contributed by atoms with van der Waals surface area (Å²) in [6, 6.07) is 0. The van der Waals surface area contributed by atoms with Crippen molar-refractivity contribution < 1.29 is 0 Å². The standard InChI is InChI=1S/C12H19ClN4O/c1-16-5-3-9(4-6-16)7-14-10-8-15-17(2)12(18)11(10)13/h8-9,14H,3-7H2,1-2H3. The molecule has 5 nitrogen and oxygen atoms in total. The van der Waals surface area contributed by atoms with Crippen LogP contribution in [0.2, 0.25) is 5.02 Å². The average molecular weight is 271 g/mol. The van der Waals surface area contributed by atoms with Gasteiger partial charge in [0, 0.05) is 13.6 Å². The molecule has 1 fully saturated rings. The largest absolute Gasteiger partial charge is 0.382 e. The summed E-state index contributed by atoms with van der Waals surface area (Å²) in [6.07, 6.45) is 3.97. The van der Waals surface area contributed by atoms with E-state index in [4.69, 9.17) is 11.6 Å². The van der Waals surface area contributed by atoms with Crippen LogP contribution in [0.5, 0.6) is 0 Å². The molecule has 18 heavy (non-hydrogen) atoms. The van der Waals surface area contributed by atoms with Gasteiger partial charge in [0.15, 0.2) is 0 Å². The molecular formula is C12H19ClN4O. The number of rotatable bonds is 3. The van der Waals surface area contributed by atoms with E-state index in [1.165, 1.54) is 17.5 Å². The molecule has 2 rings (SSSR count). The average Bonchev–Trinajstić information content (AvgIpc) is 2.37. The first-order valence-electron chi connectivity index (χ1n) is 6.22. The molecule has 0 amide bonds. The van der Waals surface area contributed by atoms with Crippen molar-refractivity contribution in [1.29, 1.82) is 0 Å². The Kier molecular flexibility index (Phi) is 4.24. The summed E-state index contributed by atoms with van der Waals surface area (Å²) in [7, 11) is 3.74. The van der Waals surface area contributed by atoms with Crippen LogP contribution in [0, 0.1) is 5.92 Å². The van der Waals surface area contributed by atoms with Crippen LogP contribution >= 0.6 is 11.6 Å². The van der Waals surface area contributed by atoms with Gasteiger partial charge in [0.2, 0.25) is 0 Å². The van der Waals surface area contributed by atoms with E-state index < -0.39 is 0 Å². The van der Waals surface area contributed by atoms with E-state index in [2.05, 4.69) is 22.4 Å². The second-order valence-electron chi connectivity index (χ2n) is 4.93. The molecule has 0 aromatic carbocycles. The minimum absolute atomic E-state index is 0.223. The molecule has 0 atom stereocenters. The van der Waals surface area contributed by atoms with E-state index in [9.17, 15) is 4.79 Å². The molecule has 0 bridgehead atoms. The fraction of sp³-hybridized carbons (Fsp3) is 0.667. The summed E-state index contributed by atoms with van der Waals surface area (Å²) in [4.78, 5) is 13.9. The van der Waals surface area contributed by atoms with Gasteiger partial charge in [-0.05, 0) is 38.9 Å². The van der Waals surface area contributed by atoms with Crippen molar-refractivity contribution in [3.05, 3.63) is 21.6 Å². The number of aryl methyl sites for hydroxylation is 1. The van der Waals surface area contributed by atoms with Crippen molar-refractivity contribution in [2.75, 3.05) is 32.0 Å². The number of aromatic nitrogens is 2. The van der Waals surface area contributed by atoms with E-state index in [1.807, 2.05) is 0 Å². The molecule has 6 heteroatoms. The van der Waals surface area contributed by atoms with Crippen molar-refractivity contribution in [1.82, 2.24) is 14.7 Å². The predicted molar refractivity (Wildman–Crippen MR) is 73.2 cm³/mol. The van der Waals surface area contributed by atoms with Gasteiger partial charge in [-0.2, -0.15) is 5.10 Å². The summed E-state index contributed by atoms with van der Waals surface area (Å²) in [5.74, 6) is 0.640. The SMILES string of the molecule is CN1CCC(CNc2cnn(C)c(=O)c2Cl)CC1. The maximum atomic E-state index is 11.6. The van der Waals surface area contributed by atoms with E-state index in [-0.39, 0.29) is 10.6 Å². The van der Waals surface area contributed by atoms with Gasteiger partial charge in [0.05, 0.1) is 11.9 Å². The molecular weight excluding hydrogens is 252 g/mol. The smallest absolute Gasteiger partial charge is 0.287 e. The molecule has 1 saturated heterocycles. The van der Waals surface area contributed by atoms with E-state index in [0.29, 0.717) is 11.6 Å². The zero-order valence-corrected chi connectivity index (χ0v) is 11.6. The lowest BCUT2D eigenvalue weighted by Gasteiger charge is -2.29. The normalized spacial score (nSPS) is 17.9. The molecule has 100 valence electrons. The Morgan fingerprint density at radius 1 is 1.44 bits per heavy atom. The highest BCUT2D eigenvalue weighted by atomic mass is 35.5. The van der Waals surface area contributed by atoms with E-state index >= 15 is 0 Å². The van der Waals surface area contributed by atoms with Gasteiger partial charge in [0.1, 0.15) is 5.02 Å². The van der Waals surface area contributed by atoms with Crippen LogP contribution in [0.25, 0.3) is 0 Å². The second kappa shape index (κ2) is 5.71. The van der Waals surface area contributed by atoms with E-state index in [0.717, 1.165) is 19.6 Å². The molecule has 0 radical (unpaired) electrons. The molecule has 0 spiro atoms. The van der Waals surface area contributed by atoms with Gasteiger partial charge in [-0.1, -0.05) is 11.6 Å². The van der Waals surface area contributed by atoms with Crippen molar-refractivity contribution >= 4 is 17.3 Å². The maximum absolute atomic E-state index is 11.6. The minimum Gasteiger partial charge on any atom is -0.382 e. The lowest BCUT2D eigenvalue weighted by atomic mass is 9.97. The number of hydrogen-bond donors (Lipinski definition) is 1. The molecule has 1 N–H and O–H groups in total. The summed E-state index contributed by atoms with van der Waals surface area (Å²) in [6.45, 7) is 3.12.